The fourth-order valence-electron chi connectivity index (χ4n) is 7.92. The Morgan fingerprint density at radius 1 is 0.397 bits per heavy atom. The first-order chi connectivity index (χ1) is 38.1. The van der Waals surface area contributed by atoms with E-state index in [0.717, 1.165) is 128 Å². The smallest absolute Gasteiger partial charge is 0.361 e. The van der Waals surface area contributed by atoms with Crippen LogP contribution in [0.1, 0.15) is 226 Å². The van der Waals surface area contributed by atoms with Crippen LogP contribution in [0, 0.1) is 0 Å². The molecule has 0 aliphatic rings. The molecular formula is C69H114NO8+. The van der Waals surface area contributed by atoms with Gasteiger partial charge in [0, 0.05) is 12.8 Å². The number of carbonyl (C=O) groups is 3. The van der Waals surface area contributed by atoms with Crippen LogP contribution in [0.4, 0.5) is 0 Å². The molecule has 0 aromatic carbocycles. The Kier molecular flexibility index (Phi) is 55.1. The van der Waals surface area contributed by atoms with Crippen molar-refractivity contribution in [2.45, 2.75) is 238 Å². The predicted octanol–water partition coefficient (Wildman–Crippen LogP) is 18.6. The van der Waals surface area contributed by atoms with Crippen LogP contribution in [0.5, 0.6) is 0 Å². The van der Waals surface area contributed by atoms with Gasteiger partial charge >= 0.3 is 17.9 Å². The van der Waals surface area contributed by atoms with Gasteiger partial charge in [-0.3, -0.25) is 9.59 Å². The number of carbonyl (C=O) groups excluding carboxylic acids is 2. The van der Waals surface area contributed by atoms with E-state index in [4.69, 9.17) is 18.9 Å². The number of hydrogen-bond donors (Lipinski definition) is 1. The van der Waals surface area contributed by atoms with E-state index in [1.165, 1.54) is 64.2 Å². The zero-order valence-corrected chi connectivity index (χ0v) is 50.3. The fraction of sp³-hybridized carbons (Fsp3) is 0.638. The standard InChI is InChI=1S/C69H113NO8/c1-6-8-10-12-14-16-18-20-22-23-24-25-26-27-28-29-30-31-32-33-34-35-36-37-38-39-40-41-42-43-44-45-46-48-50-52-54-56-58-60-67(72)78-65(64-77-69(68(73)74)75-62-61-70(3,4)5)63-76-66(71)59-57-55-53-51-49-47-21-19-17-15-13-11-9-7-2/h8,10,14,16,19-22,24-25,27-28,30-31,33-34,36-37,39-40,42-43,65,69H,6-7,9,11-13,15,17-18,23,26,29,32,35,38,41,44-64H2,1-5H3/p+1/b10-8-,16-14-,21-19-,22-20-,25-24-,28-27-,31-30-,34-33-,37-36-,40-39-,43-42-. The Balaban J connectivity index is 4.19. The second-order valence-electron chi connectivity index (χ2n) is 21.3. The van der Waals surface area contributed by atoms with Gasteiger partial charge < -0.3 is 28.5 Å². The molecule has 0 aromatic rings. The van der Waals surface area contributed by atoms with E-state index in [2.05, 4.69) is 148 Å². The Labute approximate surface area is 478 Å². The summed E-state index contributed by atoms with van der Waals surface area (Å²) in [4.78, 5) is 37.4. The highest BCUT2D eigenvalue weighted by molar-refractivity contribution is 5.71. The number of carboxylic acids is 1. The summed E-state index contributed by atoms with van der Waals surface area (Å²) in [6.45, 7) is 4.72. The average molecular weight is 1090 g/mol. The number of carboxylic acid groups (broad SMARTS) is 1. The van der Waals surface area contributed by atoms with E-state index in [-0.39, 0.29) is 38.6 Å². The highest BCUT2D eigenvalue weighted by Crippen LogP contribution is 2.14. The lowest BCUT2D eigenvalue weighted by molar-refractivity contribution is -0.870. The van der Waals surface area contributed by atoms with Crippen molar-refractivity contribution >= 4 is 17.9 Å². The summed E-state index contributed by atoms with van der Waals surface area (Å²) >= 11 is 0. The highest BCUT2D eigenvalue weighted by Gasteiger charge is 2.25. The molecule has 0 fully saturated rings. The van der Waals surface area contributed by atoms with Crippen LogP contribution >= 0.6 is 0 Å². The lowest BCUT2D eigenvalue weighted by Gasteiger charge is -2.25. The minimum absolute atomic E-state index is 0.179. The Hall–Kier alpha value is -4.57. The van der Waals surface area contributed by atoms with Crippen LogP contribution < -0.4 is 0 Å². The largest absolute Gasteiger partial charge is 0.477 e. The molecule has 0 heterocycles. The molecule has 0 radical (unpaired) electrons. The summed E-state index contributed by atoms with van der Waals surface area (Å²) in [7, 11) is 5.95. The number of rotatable bonds is 55. The van der Waals surface area contributed by atoms with Crippen molar-refractivity contribution in [1.82, 2.24) is 0 Å². The molecule has 442 valence electrons. The summed E-state index contributed by atoms with van der Waals surface area (Å²) < 4.78 is 22.8. The van der Waals surface area contributed by atoms with E-state index < -0.39 is 24.3 Å². The molecule has 0 aliphatic carbocycles. The van der Waals surface area contributed by atoms with E-state index in [1.807, 2.05) is 21.1 Å². The number of unbranched alkanes of at least 4 members (excludes halogenated alkanes) is 18. The number of esters is 2. The molecule has 0 rings (SSSR count). The highest BCUT2D eigenvalue weighted by atomic mass is 16.7. The van der Waals surface area contributed by atoms with Gasteiger partial charge in [-0.15, -0.1) is 0 Å². The second-order valence-corrected chi connectivity index (χ2v) is 21.3. The van der Waals surface area contributed by atoms with E-state index in [0.29, 0.717) is 17.4 Å². The third kappa shape index (κ3) is 59.1. The molecule has 0 saturated heterocycles. The first kappa shape index (κ1) is 73.4. The average Bonchev–Trinajstić information content (AvgIpc) is 3.41. The Morgan fingerprint density at radius 3 is 1.10 bits per heavy atom. The van der Waals surface area contributed by atoms with Crippen LogP contribution in [0.3, 0.4) is 0 Å². The van der Waals surface area contributed by atoms with Crippen LogP contribution in [0.2, 0.25) is 0 Å². The maximum Gasteiger partial charge on any atom is 0.361 e. The molecule has 9 nitrogen and oxygen atoms in total. The predicted molar refractivity (Wildman–Crippen MR) is 331 cm³/mol. The maximum atomic E-state index is 12.9. The molecule has 0 bridgehead atoms. The third-order valence-electron chi connectivity index (χ3n) is 12.6. The molecule has 0 saturated carbocycles. The van der Waals surface area contributed by atoms with E-state index in [1.54, 1.807) is 0 Å². The van der Waals surface area contributed by atoms with Gasteiger partial charge in [-0.1, -0.05) is 231 Å². The van der Waals surface area contributed by atoms with Gasteiger partial charge in [0.15, 0.2) is 6.10 Å². The SMILES string of the molecule is CC/C=C\C/C=C\C/C=C\C/C=C\C/C=C\C/C=C\C/C=C\C/C=C\C/C=C\C/C=C\CCCCCCCCCCC(=O)OC(COC(=O)CCCCCCC/C=C\CCCCCCC)COC(OCC[N+](C)(C)C)C(=O)O. The zero-order chi connectivity index (χ0) is 56.9. The molecule has 2 unspecified atom stereocenters. The quantitative estimate of drug-likeness (QED) is 0.0211. The van der Waals surface area contributed by atoms with E-state index >= 15 is 0 Å². The number of hydrogen-bond acceptors (Lipinski definition) is 7. The molecule has 9 heteroatoms. The van der Waals surface area contributed by atoms with Gasteiger partial charge in [-0.05, 0) is 116 Å². The molecule has 0 aromatic heterocycles. The molecule has 1 N–H and O–H groups in total. The number of nitrogens with zero attached hydrogens (tertiary/aromatic N) is 1. The number of ether oxygens (including phenoxy) is 4. The van der Waals surface area contributed by atoms with Crippen LogP contribution in [-0.4, -0.2) is 87.4 Å². The van der Waals surface area contributed by atoms with Crippen molar-refractivity contribution in [3.05, 3.63) is 134 Å². The molecule has 0 amide bonds. The van der Waals surface area contributed by atoms with Crippen LogP contribution in [-0.2, 0) is 33.3 Å². The van der Waals surface area contributed by atoms with Crippen molar-refractivity contribution in [3.63, 3.8) is 0 Å². The summed E-state index contributed by atoms with van der Waals surface area (Å²) in [6.07, 6.45) is 81.1. The minimum Gasteiger partial charge on any atom is -0.477 e. The summed E-state index contributed by atoms with van der Waals surface area (Å²) in [5.74, 6) is -2.04. The summed E-state index contributed by atoms with van der Waals surface area (Å²) in [6, 6.07) is 0. The van der Waals surface area contributed by atoms with Crippen LogP contribution in [0.25, 0.3) is 0 Å². The van der Waals surface area contributed by atoms with Gasteiger partial charge in [0.1, 0.15) is 13.2 Å². The van der Waals surface area contributed by atoms with Gasteiger partial charge in [-0.25, -0.2) is 4.79 Å². The van der Waals surface area contributed by atoms with Gasteiger partial charge in [-0.2, -0.15) is 0 Å². The van der Waals surface area contributed by atoms with Crippen molar-refractivity contribution < 1.29 is 42.9 Å². The lowest BCUT2D eigenvalue weighted by Crippen LogP contribution is -2.40. The van der Waals surface area contributed by atoms with Crippen molar-refractivity contribution in [1.29, 1.82) is 0 Å². The number of likely N-dealkylation sites (N-methyl/N-ethyl adjacent to an activating group) is 1. The summed E-state index contributed by atoms with van der Waals surface area (Å²) in [5, 5.41) is 9.70. The Morgan fingerprint density at radius 2 is 0.731 bits per heavy atom. The van der Waals surface area contributed by atoms with Crippen molar-refractivity contribution in [2.75, 3.05) is 47.5 Å². The maximum absolute atomic E-state index is 12.9. The molecule has 0 spiro atoms. The molecule has 78 heavy (non-hydrogen) atoms. The molecule has 0 aliphatic heterocycles. The fourth-order valence-corrected chi connectivity index (χ4v) is 7.92. The third-order valence-corrected chi connectivity index (χ3v) is 12.6. The molecular weight excluding hydrogens is 971 g/mol. The molecule has 2 atom stereocenters. The van der Waals surface area contributed by atoms with E-state index in [9.17, 15) is 19.5 Å². The van der Waals surface area contributed by atoms with Crippen molar-refractivity contribution in [2.24, 2.45) is 0 Å². The van der Waals surface area contributed by atoms with Gasteiger partial charge in [0.2, 0.25) is 0 Å². The Bertz CT molecular complexity index is 1740. The first-order valence-corrected chi connectivity index (χ1v) is 30.8. The van der Waals surface area contributed by atoms with Crippen molar-refractivity contribution in [3.8, 4) is 0 Å². The minimum atomic E-state index is -1.52. The monoisotopic (exact) mass is 1080 g/mol. The summed E-state index contributed by atoms with van der Waals surface area (Å²) in [5.41, 5.74) is 0. The number of quaternary nitrogens is 1. The zero-order valence-electron chi connectivity index (χ0n) is 50.3. The topological polar surface area (TPSA) is 108 Å². The second kappa shape index (κ2) is 58.6. The van der Waals surface area contributed by atoms with Crippen LogP contribution in [0.15, 0.2) is 134 Å². The van der Waals surface area contributed by atoms with Gasteiger partial charge in [0.25, 0.3) is 6.29 Å². The lowest BCUT2D eigenvalue weighted by atomic mass is 10.1. The number of allylic oxidation sites excluding steroid dienone is 22. The van der Waals surface area contributed by atoms with Gasteiger partial charge in [0.05, 0.1) is 34.4 Å². The normalized spacial score (nSPS) is 13.7. The first-order valence-electron chi connectivity index (χ1n) is 30.8. The number of aliphatic carboxylic acids is 1.